The van der Waals surface area contributed by atoms with Crippen LogP contribution in [0, 0.1) is 0 Å². The minimum Gasteiger partial charge on any atom is -0.350 e. The summed E-state index contributed by atoms with van der Waals surface area (Å²) in [4.78, 5) is 23.2. The van der Waals surface area contributed by atoms with Crippen LogP contribution < -0.4 is 10.2 Å². The second kappa shape index (κ2) is 8.11. The molecule has 126 valence electrons. The van der Waals surface area contributed by atoms with Crippen molar-refractivity contribution in [3.8, 4) is 0 Å². The second-order valence-electron chi connectivity index (χ2n) is 5.93. The molecule has 1 aliphatic heterocycles. The van der Waals surface area contributed by atoms with Crippen LogP contribution in [0.4, 0.5) is 5.95 Å². The Hall–Kier alpha value is -2.14. The number of carbonyl (C=O) groups excluding carboxylic acids is 1. The lowest BCUT2D eigenvalue weighted by atomic mass is 10.1. The Morgan fingerprint density at radius 2 is 2.04 bits per heavy atom. The number of anilines is 1. The fourth-order valence-electron chi connectivity index (χ4n) is 2.82. The first-order chi connectivity index (χ1) is 11.7. The predicted octanol–water partition coefficient (Wildman–Crippen LogP) is 3.09. The molecule has 1 fully saturated rings. The summed E-state index contributed by atoms with van der Waals surface area (Å²) in [6.45, 7) is 2.46. The summed E-state index contributed by atoms with van der Waals surface area (Å²) in [5.74, 6) is 0.481. The zero-order valence-corrected chi connectivity index (χ0v) is 14.3. The smallest absolute Gasteiger partial charge is 0.270 e. The number of hydrogen-bond acceptors (Lipinski definition) is 4. The highest BCUT2D eigenvalue weighted by atomic mass is 35.5. The molecule has 5 nitrogen and oxygen atoms in total. The summed E-state index contributed by atoms with van der Waals surface area (Å²) in [6.07, 6.45) is 5.94. The van der Waals surface area contributed by atoms with Gasteiger partial charge >= 0.3 is 0 Å². The standard InChI is InChI=1S/C18H21ClN4O/c19-15-6-4-5-14(13-15)7-9-20-17(24)16-8-10-21-18(22-16)23-11-2-1-3-12-23/h4-6,8,10,13H,1-3,7,9,11-12H2,(H,20,24). The molecule has 2 heterocycles. The van der Waals surface area contributed by atoms with Gasteiger partial charge in [-0.3, -0.25) is 4.79 Å². The van der Waals surface area contributed by atoms with Crippen LogP contribution in [0.1, 0.15) is 35.3 Å². The average Bonchev–Trinajstić information content (AvgIpc) is 2.62. The van der Waals surface area contributed by atoms with E-state index in [1.54, 1.807) is 12.3 Å². The number of amides is 1. The third-order valence-corrected chi connectivity index (χ3v) is 4.34. The Kier molecular flexibility index (Phi) is 5.64. The first-order valence-corrected chi connectivity index (χ1v) is 8.71. The van der Waals surface area contributed by atoms with Crippen molar-refractivity contribution in [1.29, 1.82) is 0 Å². The van der Waals surface area contributed by atoms with Gasteiger partial charge in [-0.25, -0.2) is 9.97 Å². The van der Waals surface area contributed by atoms with Crippen molar-refractivity contribution >= 4 is 23.5 Å². The van der Waals surface area contributed by atoms with E-state index in [1.807, 2.05) is 24.3 Å². The lowest BCUT2D eigenvalue weighted by molar-refractivity contribution is 0.0949. The van der Waals surface area contributed by atoms with Crippen LogP contribution in [0.25, 0.3) is 0 Å². The Morgan fingerprint density at radius 3 is 2.83 bits per heavy atom. The predicted molar refractivity (Wildman–Crippen MR) is 95.6 cm³/mol. The highest BCUT2D eigenvalue weighted by Crippen LogP contribution is 2.15. The highest BCUT2D eigenvalue weighted by Gasteiger charge is 2.15. The third kappa shape index (κ3) is 4.45. The molecular formula is C18H21ClN4O. The molecule has 1 aromatic heterocycles. The first-order valence-electron chi connectivity index (χ1n) is 8.33. The number of hydrogen-bond donors (Lipinski definition) is 1. The van der Waals surface area contributed by atoms with Gasteiger partial charge in [-0.15, -0.1) is 0 Å². The van der Waals surface area contributed by atoms with E-state index < -0.39 is 0 Å². The summed E-state index contributed by atoms with van der Waals surface area (Å²) in [5, 5.41) is 3.62. The van der Waals surface area contributed by atoms with Crippen molar-refractivity contribution in [2.75, 3.05) is 24.5 Å². The van der Waals surface area contributed by atoms with Gasteiger partial charge in [-0.05, 0) is 49.4 Å². The lowest BCUT2D eigenvalue weighted by Gasteiger charge is -2.26. The maximum absolute atomic E-state index is 12.3. The normalized spacial score (nSPS) is 14.5. The van der Waals surface area contributed by atoms with Crippen molar-refractivity contribution < 1.29 is 4.79 Å². The quantitative estimate of drug-likeness (QED) is 0.905. The molecule has 1 saturated heterocycles. The number of rotatable bonds is 5. The maximum Gasteiger partial charge on any atom is 0.270 e. The van der Waals surface area contributed by atoms with Crippen molar-refractivity contribution in [3.05, 3.63) is 52.8 Å². The molecule has 3 rings (SSSR count). The van der Waals surface area contributed by atoms with Crippen LogP contribution in [0.5, 0.6) is 0 Å². The number of halogens is 1. The summed E-state index contributed by atoms with van der Waals surface area (Å²) in [5.41, 5.74) is 1.51. The van der Waals surface area contributed by atoms with E-state index in [-0.39, 0.29) is 5.91 Å². The van der Waals surface area contributed by atoms with Crippen molar-refractivity contribution in [2.45, 2.75) is 25.7 Å². The van der Waals surface area contributed by atoms with E-state index in [2.05, 4.69) is 20.2 Å². The van der Waals surface area contributed by atoms with Gasteiger partial charge in [0.2, 0.25) is 5.95 Å². The Labute approximate surface area is 147 Å². The molecule has 1 aliphatic rings. The molecule has 0 saturated carbocycles. The summed E-state index contributed by atoms with van der Waals surface area (Å²) >= 11 is 5.96. The fraction of sp³-hybridized carbons (Fsp3) is 0.389. The van der Waals surface area contributed by atoms with E-state index in [0.29, 0.717) is 23.2 Å². The number of carbonyl (C=O) groups is 1. The van der Waals surface area contributed by atoms with Crippen LogP contribution in [-0.2, 0) is 6.42 Å². The highest BCUT2D eigenvalue weighted by molar-refractivity contribution is 6.30. The van der Waals surface area contributed by atoms with Gasteiger partial charge in [0.05, 0.1) is 0 Å². The molecule has 0 spiro atoms. The zero-order valence-electron chi connectivity index (χ0n) is 13.5. The van der Waals surface area contributed by atoms with E-state index in [0.717, 1.165) is 37.9 Å². The Balaban J connectivity index is 1.56. The van der Waals surface area contributed by atoms with Gasteiger partial charge in [0.1, 0.15) is 5.69 Å². The zero-order chi connectivity index (χ0) is 16.8. The van der Waals surface area contributed by atoms with Gasteiger partial charge in [0, 0.05) is 30.9 Å². The van der Waals surface area contributed by atoms with Gasteiger partial charge < -0.3 is 10.2 Å². The van der Waals surface area contributed by atoms with Crippen LogP contribution in [0.3, 0.4) is 0 Å². The number of nitrogens with zero attached hydrogens (tertiary/aromatic N) is 3. The number of piperidine rings is 1. The fourth-order valence-corrected chi connectivity index (χ4v) is 3.04. The van der Waals surface area contributed by atoms with Crippen molar-refractivity contribution in [1.82, 2.24) is 15.3 Å². The van der Waals surface area contributed by atoms with Crippen LogP contribution in [0.15, 0.2) is 36.5 Å². The van der Waals surface area contributed by atoms with Gasteiger partial charge in [-0.2, -0.15) is 0 Å². The monoisotopic (exact) mass is 344 g/mol. The summed E-state index contributed by atoms with van der Waals surface area (Å²) in [6, 6.07) is 9.31. The first kappa shape index (κ1) is 16.7. The van der Waals surface area contributed by atoms with Gasteiger partial charge in [-0.1, -0.05) is 23.7 Å². The van der Waals surface area contributed by atoms with Gasteiger partial charge in [0.15, 0.2) is 0 Å². The lowest BCUT2D eigenvalue weighted by Crippen LogP contribution is -2.32. The third-order valence-electron chi connectivity index (χ3n) is 4.10. The van der Waals surface area contributed by atoms with Crippen molar-refractivity contribution in [3.63, 3.8) is 0 Å². The summed E-state index contributed by atoms with van der Waals surface area (Å²) < 4.78 is 0. The van der Waals surface area contributed by atoms with E-state index in [9.17, 15) is 4.79 Å². The van der Waals surface area contributed by atoms with Crippen LogP contribution in [-0.4, -0.2) is 35.5 Å². The van der Waals surface area contributed by atoms with E-state index in [4.69, 9.17) is 11.6 Å². The average molecular weight is 345 g/mol. The number of nitrogens with one attached hydrogen (secondary N) is 1. The minimum atomic E-state index is -0.169. The number of benzene rings is 1. The molecule has 0 bridgehead atoms. The molecule has 2 aromatic rings. The molecule has 0 aliphatic carbocycles. The molecule has 0 unspecified atom stereocenters. The molecule has 0 radical (unpaired) electrons. The van der Waals surface area contributed by atoms with Crippen LogP contribution in [0.2, 0.25) is 5.02 Å². The Morgan fingerprint density at radius 1 is 1.21 bits per heavy atom. The molecule has 6 heteroatoms. The van der Waals surface area contributed by atoms with Crippen molar-refractivity contribution in [2.24, 2.45) is 0 Å². The largest absolute Gasteiger partial charge is 0.350 e. The van der Waals surface area contributed by atoms with E-state index in [1.165, 1.54) is 6.42 Å². The Bertz CT molecular complexity index is 701. The molecule has 24 heavy (non-hydrogen) atoms. The summed E-state index contributed by atoms with van der Waals surface area (Å²) in [7, 11) is 0. The molecule has 0 atom stereocenters. The topological polar surface area (TPSA) is 58.1 Å². The SMILES string of the molecule is O=C(NCCc1cccc(Cl)c1)c1ccnc(N2CCCCC2)n1. The van der Waals surface area contributed by atoms with E-state index >= 15 is 0 Å². The minimum absolute atomic E-state index is 0.169. The maximum atomic E-state index is 12.3. The van der Waals surface area contributed by atoms with Crippen LogP contribution >= 0.6 is 11.6 Å². The molecule has 1 amide bonds. The molecular weight excluding hydrogens is 324 g/mol. The second-order valence-corrected chi connectivity index (χ2v) is 6.36. The number of aromatic nitrogens is 2. The molecule has 1 N–H and O–H groups in total. The van der Waals surface area contributed by atoms with Gasteiger partial charge in [0.25, 0.3) is 5.91 Å². The molecule has 1 aromatic carbocycles.